The molecule has 2 N–H and O–H groups in total. The Morgan fingerprint density at radius 1 is 0.865 bits per heavy atom. The number of carbonyl (C=O) groups is 3. The van der Waals surface area contributed by atoms with E-state index >= 15 is 0 Å². The van der Waals surface area contributed by atoms with E-state index in [1.54, 1.807) is 54.6 Å². The maximum absolute atomic E-state index is 12.6. The lowest BCUT2D eigenvalue weighted by Gasteiger charge is -2.11. The minimum Gasteiger partial charge on any atom is -0.490 e. The molecular weight excluding hydrogens is 470 g/mol. The number of nitrogens with one attached hydrogen (secondary N) is 2. The van der Waals surface area contributed by atoms with E-state index in [1.807, 2.05) is 43.3 Å². The van der Waals surface area contributed by atoms with Crippen molar-refractivity contribution in [3.63, 3.8) is 0 Å². The molecule has 0 saturated heterocycles. The summed E-state index contributed by atoms with van der Waals surface area (Å²) in [5.74, 6) is -0.695. The van der Waals surface area contributed by atoms with E-state index in [2.05, 4.69) is 15.8 Å². The van der Waals surface area contributed by atoms with Gasteiger partial charge in [-0.05, 0) is 59.7 Å². The lowest BCUT2D eigenvalue weighted by molar-refractivity contribution is -0.120. The summed E-state index contributed by atoms with van der Waals surface area (Å²) in [6.07, 6.45) is 1.43. The van der Waals surface area contributed by atoms with E-state index in [-0.39, 0.29) is 18.2 Å². The normalized spacial score (nSPS) is 10.7. The zero-order chi connectivity index (χ0) is 26.0. The highest BCUT2D eigenvalue weighted by atomic mass is 16.6. The molecular formula is C29H25N3O5. The molecule has 0 aromatic heterocycles. The summed E-state index contributed by atoms with van der Waals surface area (Å²) in [6.45, 7) is 1.94. The van der Waals surface area contributed by atoms with E-state index in [9.17, 15) is 14.4 Å². The Kier molecular flexibility index (Phi) is 8.23. The van der Waals surface area contributed by atoms with Crippen LogP contribution in [0.15, 0.2) is 96.1 Å². The smallest absolute Gasteiger partial charge is 0.343 e. The summed E-state index contributed by atoms with van der Waals surface area (Å²) in [7, 11) is 0. The van der Waals surface area contributed by atoms with Gasteiger partial charge in [0, 0.05) is 5.56 Å². The number of hydrazone groups is 1. The molecule has 2 amide bonds. The van der Waals surface area contributed by atoms with E-state index in [0.29, 0.717) is 29.0 Å². The van der Waals surface area contributed by atoms with Gasteiger partial charge in [0.1, 0.15) is 0 Å². The largest absolute Gasteiger partial charge is 0.490 e. The van der Waals surface area contributed by atoms with Gasteiger partial charge >= 0.3 is 5.97 Å². The molecule has 0 aliphatic heterocycles. The lowest BCUT2D eigenvalue weighted by atomic mass is 10.0. The van der Waals surface area contributed by atoms with Crippen molar-refractivity contribution in [2.24, 2.45) is 5.10 Å². The summed E-state index contributed by atoms with van der Waals surface area (Å²) < 4.78 is 11.1. The van der Waals surface area contributed by atoms with Crippen LogP contribution in [0, 0.1) is 0 Å². The van der Waals surface area contributed by atoms with Crippen LogP contribution in [0.5, 0.6) is 11.5 Å². The SMILES string of the molecule is CCOc1cc(C=NNC(=O)CNC(=O)c2cccc3ccccc23)ccc1OC(=O)c1ccccc1. The number of hydrogen-bond acceptors (Lipinski definition) is 6. The molecule has 4 aromatic rings. The standard InChI is InChI=1S/C29H25N3O5/c1-2-36-26-17-20(15-16-25(26)37-29(35)22-10-4-3-5-11-22)18-31-32-27(33)19-30-28(34)24-14-8-12-21-9-6-7-13-23(21)24/h3-18H,2,19H2,1H3,(H,30,34)(H,32,33). The first-order valence-corrected chi connectivity index (χ1v) is 11.7. The second kappa shape index (κ2) is 12.1. The summed E-state index contributed by atoms with van der Waals surface area (Å²) in [5.41, 5.74) is 3.91. The van der Waals surface area contributed by atoms with Gasteiger partial charge in [-0.15, -0.1) is 0 Å². The average molecular weight is 496 g/mol. The summed E-state index contributed by atoms with van der Waals surface area (Å²) in [5, 5.41) is 8.30. The third kappa shape index (κ3) is 6.58. The van der Waals surface area contributed by atoms with Crippen molar-refractivity contribution in [3.05, 3.63) is 108 Å². The third-order valence-corrected chi connectivity index (χ3v) is 5.33. The lowest BCUT2D eigenvalue weighted by Crippen LogP contribution is -2.35. The number of nitrogens with zero attached hydrogens (tertiary/aromatic N) is 1. The molecule has 4 aromatic carbocycles. The molecule has 0 fully saturated rings. The van der Waals surface area contributed by atoms with Crippen LogP contribution >= 0.6 is 0 Å². The Labute approximate surface area is 213 Å². The summed E-state index contributed by atoms with van der Waals surface area (Å²) >= 11 is 0. The van der Waals surface area contributed by atoms with E-state index in [4.69, 9.17) is 9.47 Å². The number of hydrogen-bond donors (Lipinski definition) is 2. The van der Waals surface area contributed by atoms with Gasteiger partial charge in [0.15, 0.2) is 11.5 Å². The van der Waals surface area contributed by atoms with Crippen molar-refractivity contribution < 1.29 is 23.9 Å². The maximum Gasteiger partial charge on any atom is 0.343 e. The fourth-order valence-corrected chi connectivity index (χ4v) is 3.59. The fraction of sp³-hybridized carbons (Fsp3) is 0.103. The fourth-order valence-electron chi connectivity index (χ4n) is 3.59. The van der Waals surface area contributed by atoms with Gasteiger partial charge in [0.25, 0.3) is 11.8 Å². The Morgan fingerprint density at radius 2 is 1.62 bits per heavy atom. The molecule has 8 heteroatoms. The monoisotopic (exact) mass is 495 g/mol. The van der Waals surface area contributed by atoms with Gasteiger partial charge in [-0.25, -0.2) is 10.2 Å². The number of amides is 2. The number of carbonyl (C=O) groups excluding carboxylic acids is 3. The highest BCUT2D eigenvalue weighted by Gasteiger charge is 2.13. The number of esters is 1. The average Bonchev–Trinajstić information content (AvgIpc) is 2.93. The minimum atomic E-state index is -0.499. The molecule has 0 bridgehead atoms. The predicted molar refractivity (Wildman–Crippen MR) is 141 cm³/mol. The van der Waals surface area contributed by atoms with Gasteiger partial charge in [-0.1, -0.05) is 54.6 Å². The Bertz CT molecular complexity index is 1450. The second-order valence-electron chi connectivity index (χ2n) is 7.90. The van der Waals surface area contributed by atoms with Crippen molar-refractivity contribution >= 4 is 34.8 Å². The van der Waals surface area contributed by atoms with Crippen molar-refractivity contribution in [2.75, 3.05) is 13.2 Å². The van der Waals surface area contributed by atoms with Crippen LogP contribution in [0.1, 0.15) is 33.2 Å². The second-order valence-corrected chi connectivity index (χ2v) is 7.90. The van der Waals surface area contributed by atoms with Gasteiger partial charge < -0.3 is 14.8 Å². The molecule has 0 heterocycles. The topological polar surface area (TPSA) is 106 Å². The number of fused-ring (bicyclic) bond motifs is 1. The molecule has 0 atom stereocenters. The van der Waals surface area contributed by atoms with E-state index in [0.717, 1.165) is 10.8 Å². The molecule has 4 rings (SSSR count). The zero-order valence-electron chi connectivity index (χ0n) is 20.1. The molecule has 0 aliphatic rings. The van der Waals surface area contributed by atoms with Crippen molar-refractivity contribution in [3.8, 4) is 11.5 Å². The summed E-state index contributed by atoms with van der Waals surface area (Å²) in [4.78, 5) is 37.2. The molecule has 0 radical (unpaired) electrons. The van der Waals surface area contributed by atoms with Gasteiger partial charge in [0.2, 0.25) is 0 Å². The van der Waals surface area contributed by atoms with Gasteiger partial charge in [-0.3, -0.25) is 9.59 Å². The Balaban J connectivity index is 1.34. The number of ether oxygens (including phenoxy) is 2. The molecule has 0 unspecified atom stereocenters. The molecule has 0 saturated carbocycles. The van der Waals surface area contributed by atoms with Crippen molar-refractivity contribution in [2.45, 2.75) is 6.92 Å². The first kappa shape index (κ1) is 25.1. The minimum absolute atomic E-state index is 0.238. The van der Waals surface area contributed by atoms with Crippen LogP contribution in [0.4, 0.5) is 0 Å². The first-order valence-electron chi connectivity index (χ1n) is 11.7. The summed E-state index contributed by atoms with van der Waals surface area (Å²) in [6, 6.07) is 26.5. The van der Waals surface area contributed by atoms with Crippen LogP contribution in [0.25, 0.3) is 10.8 Å². The zero-order valence-corrected chi connectivity index (χ0v) is 20.1. The van der Waals surface area contributed by atoms with Gasteiger partial charge in [-0.2, -0.15) is 5.10 Å². The van der Waals surface area contributed by atoms with Crippen LogP contribution in [-0.2, 0) is 4.79 Å². The highest BCUT2D eigenvalue weighted by molar-refractivity contribution is 6.07. The third-order valence-electron chi connectivity index (χ3n) is 5.33. The Morgan fingerprint density at radius 3 is 2.43 bits per heavy atom. The molecule has 186 valence electrons. The molecule has 37 heavy (non-hydrogen) atoms. The quantitative estimate of drug-likeness (QED) is 0.156. The van der Waals surface area contributed by atoms with Crippen molar-refractivity contribution in [1.29, 1.82) is 0 Å². The van der Waals surface area contributed by atoms with Crippen LogP contribution in [0.2, 0.25) is 0 Å². The number of rotatable bonds is 9. The maximum atomic E-state index is 12.6. The first-order chi connectivity index (χ1) is 18.0. The molecule has 8 nitrogen and oxygen atoms in total. The van der Waals surface area contributed by atoms with Crippen LogP contribution in [0.3, 0.4) is 0 Å². The Hall–Kier alpha value is -4.98. The van der Waals surface area contributed by atoms with Crippen LogP contribution in [-0.4, -0.2) is 37.1 Å². The predicted octanol–water partition coefficient (Wildman–Crippen LogP) is 4.34. The molecule has 0 aliphatic carbocycles. The van der Waals surface area contributed by atoms with Gasteiger partial charge in [0.05, 0.1) is 24.9 Å². The molecule has 0 spiro atoms. The highest BCUT2D eigenvalue weighted by Crippen LogP contribution is 2.29. The number of benzene rings is 4. The van der Waals surface area contributed by atoms with Crippen molar-refractivity contribution in [1.82, 2.24) is 10.7 Å². The van der Waals surface area contributed by atoms with E-state index in [1.165, 1.54) is 6.21 Å². The van der Waals surface area contributed by atoms with E-state index < -0.39 is 11.9 Å². The van der Waals surface area contributed by atoms with Crippen LogP contribution < -0.4 is 20.2 Å².